The molecule has 0 heterocycles. The Morgan fingerprint density at radius 3 is 2.29 bits per heavy atom. The molecule has 4 N–H and O–H groups in total. The van der Waals surface area contributed by atoms with Crippen LogP contribution in [0.2, 0.25) is 0 Å². The zero-order valence-corrected chi connectivity index (χ0v) is 11.3. The summed E-state index contributed by atoms with van der Waals surface area (Å²) >= 11 is 0. The fraction of sp³-hybridized carbons (Fsp3) is 1.00. The van der Waals surface area contributed by atoms with Crippen molar-refractivity contribution in [2.45, 2.75) is 70.6 Å². The molecule has 0 aliphatic carbocycles. The molecule has 0 amide bonds. The van der Waals surface area contributed by atoms with E-state index in [2.05, 4.69) is 6.92 Å². The van der Waals surface area contributed by atoms with E-state index in [0.29, 0.717) is 6.61 Å². The maximum Gasteiger partial charge on any atom is 0.144 e. The van der Waals surface area contributed by atoms with Gasteiger partial charge in [-0.15, -0.1) is 0 Å². The van der Waals surface area contributed by atoms with Gasteiger partial charge >= 0.3 is 0 Å². The predicted octanol–water partition coefficient (Wildman–Crippen LogP) is 1.78. The lowest BCUT2D eigenvalue weighted by Crippen LogP contribution is -2.52. The van der Waals surface area contributed by atoms with Gasteiger partial charge in [0.2, 0.25) is 0 Å². The highest BCUT2D eigenvalue weighted by atomic mass is 16.5. The molecule has 0 aliphatic heterocycles. The fourth-order valence-corrected chi connectivity index (χ4v) is 1.72. The van der Waals surface area contributed by atoms with Crippen LogP contribution in [0.25, 0.3) is 0 Å². The number of aliphatic hydroxyl groups excluding tert-OH is 2. The molecule has 0 aromatic carbocycles. The van der Waals surface area contributed by atoms with Crippen LogP contribution in [0.15, 0.2) is 0 Å². The van der Waals surface area contributed by atoms with Gasteiger partial charge in [-0.3, -0.25) is 0 Å². The number of hydrogen-bond acceptors (Lipinski definition) is 4. The SMILES string of the molecule is CCCCCCCCOC(N)(CCO)C(C)O. The summed E-state index contributed by atoms with van der Waals surface area (Å²) in [6, 6.07) is 0. The number of unbranched alkanes of at least 4 members (excludes halogenated alkanes) is 5. The molecule has 0 spiro atoms. The van der Waals surface area contributed by atoms with E-state index in [4.69, 9.17) is 15.6 Å². The zero-order valence-electron chi connectivity index (χ0n) is 11.3. The van der Waals surface area contributed by atoms with Crippen molar-refractivity contribution in [3.63, 3.8) is 0 Å². The Hall–Kier alpha value is -0.160. The standard InChI is InChI=1S/C13H29NO3/c1-3-4-5-6-7-8-11-17-13(14,9-10-15)12(2)16/h12,15-16H,3-11,14H2,1-2H3. The summed E-state index contributed by atoms with van der Waals surface area (Å²) in [7, 11) is 0. The Labute approximate surface area is 105 Å². The third kappa shape index (κ3) is 7.71. The van der Waals surface area contributed by atoms with Gasteiger partial charge in [0.05, 0.1) is 6.10 Å². The zero-order chi connectivity index (χ0) is 13.1. The largest absolute Gasteiger partial charge is 0.396 e. The average Bonchev–Trinajstić information content (AvgIpc) is 2.28. The first-order chi connectivity index (χ1) is 8.06. The predicted molar refractivity (Wildman–Crippen MR) is 69.6 cm³/mol. The second kappa shape index (κ2) is 9.83. The molecular weight excluding hydrogens is 218 g/mol. The minimum Gasteiger partial charge on any atom is -0.396 e. The van der Waals surface area contributed by atoms with Crippen molar-refractivity contribution in [3.8, 4) is 0 Å². The number of rotatable bonds is 11. The molecule has 0 fully saturated rings. The number of hydrogen-bond donors (Lipinski definition) is 3. The minimum atomic E-state index is -1.10. The van der Waals surface area contributed by atoms with Crippen molar-refractivity contribution < 1.29 is 14.9 Å². The molecule has 0 aliphatic rings. The molecule has 0 aromatic rings. The summed E-state index contributed by atoms with van der Waals surface area (Å²) in [5.74, 6) is 0. The molecule has 0 saturated carbocycles. The van der Waals surface area contributed by atoms with E-state index in [0.717, 1.165) is 12.8 Å². The Balaban J connectivity index is 3.62. The molecule has 2 unspecified atom stereocenters. The van der Waals surface area contributed by atoms with Crippen molar-refractivity contribution in [3.05, 3.63) is 0 Å². The first kappa shape index (κ1) is 16.8. The second-order valence-corrected chi connectivity index (χ2v) is 4.72. The van der Waals surface area contributed by atoms with Crippen LogP contribution in [0.4, 0.5) is 0 Å². The van der Waals surface area contributed by atoms with Crippen LogP contribution in [0.3, 0.4) is 0 Å². The molecule has 0 aromatic heterocycles. The highest BCUT2D eigenvalue weighted by Crippen LogP contribution is 2.15. The lowest BCUT2D eigenvalue weighted by molar-refractivity contribution is -0.125. The highest BCUT2D eigenvalue weighted by Gasteiger charge is 2.30. The van der Waals surface area contributed by atoms with E-state index in [9.17, 15) is 5.11 Å². The quantitative estimate of drug-likeness (QED) is 0.384. The molecule has 0 rings (SSSR count). The summed E-state index contributed by atoms with van der Waals surface area (Å²) in [5.41, 5.74) is 4.78. The van der Waals surface area contributed by atoms with Crippen molar-refractivity contribution in [2.24, 2.45) is 5.73 Å². The van der Waals surface area contributed by atoms with Crippen LogP contribution < -0.4 is 5.73 Å². The van der Waals surface area contributed by atoms with Crippen molar-refractivity contribution in [2.75, 3.05) is 13.2 Å². The van der Waals surface area contributed by atoms with Crippen molar-refractivity contribution in [1.82, 2.24) is 0 Å². The van der Waals surface area contributed by atoms with Gasteiger partial charge in [-0.1, -0.05) is 39.0 Å². The number of aliphatic hydroxyl groups is 2. The summed E-state index contributed by atoms with van der Waals surface area (Å²) in [5, 5.41) is 18.4. The van der Waals surface area contributed by atoms with Crippen LogP contribution in [-0.2, 0) is 4.74 Å². The molecule has 0 radical (unpaired) electrons. The van der Waals surface area contributed by atoms with Gasteiger partial charge in [0, 0.05) is 19.6 Å². The summed E-state index contributed by atoms with van der Waals surface area (Å²) < 4.78 is 5.51. The lowest BCUT2D eigenvalue weighted by atomic mass is 10.1. The Morgan fingerprint density at radius 1 is 1.18 bits per heavy atom. The topological polar surface area (TPSA) is 75.7 Å². The minimum absolute atomic E-state index is 0.0715. The smallest absolute Gasteiger partial charge is 0.144 e. The number of ether oxygens (including phenoxy) is 1. The Kier molecular flexibility index (Phi) is 9.74. The Bertz CT molecular complexity index is 176. The summed E-state index contributed by atoms with van der Waals surface area (Å²) in [4.78, 5) is 0. The van der Waals surface area contributed by atoms with E-state index in [-0.39, 0.29) is 13.0 Å². The number of nitrogens with two attached hydrogens (primary N) is 1. The van der Waals surface area contributed by atoms with Crippen LogP contribution >= 0.6 is 0 Å². The first-order valence-electron chi connectivity index (χ1n) is 6.78. The third-order valence-corrected chi connectivity index (χ3v) is 3.08. The van der Waals surface area contributed by atoms with Gasteiger partial charge in [0.25, 0.3) is 0 Å². The van der Waals surface area contributed by atoms with Gasteiger partial charge in [0.1, 0.15) is 5.72 Å². The highest BCUT2D eigenvalue weighted by molar-refractivity contribution is 4.79. The lowest BCUT2D eigenvalue weighted by Gasteiger charge is -2.32. The van der Waals surface area contributed by atoms with E-state index in [1.54, 1.807) is 6.92 Å². The average molecular weight is 247 g/mol. The van der Waals surface area contributed by atoms with Crippen LogP contribution in [-0.4, -0.2) is 35.3 Å². The van der Waals surface area contributed by atoms with E-state index in [1.165, 1.54) is 25.7 Å². The van der Waals surface area contributed by atoms with Crippen LogP contribution in [0, 0.1) is 0 Å². The Morgan fingerprint density at radius 2 is 1.76 bits per heavy atom. The molecule has 0 bridgehead atoms. The fourth-order valence-electron chi connectivity index (χ4n) is 1.72. The van der Waals surface area contributed by atoms with Crippen molar-refractivity contribution >= 4 is 0 Å². The first-order valence-corrected chi connectivity index (χ1v) is 6.78. The van der Waals surface area contributed by atoms with Gasteiger partial charge in [0.15, 0.2) is 0 Å². The second-order valence-electron chi connectivity index (χ2n) is 4.72. The van der Waals surface area contributed by atoms with E-state index in [1.807, 2.05) is 0 Å². The summed E-state index contributed by atoms with van der Waals surface area (Å²) in [6.07, 6.45) is 6.63. The molecule has 4 heteroatoms. The molecule has 104 valence electrons. The van der Waals surface area contributed by atoms with Gasteiger partial charge in [-0.05, 0) is 13.3 Å². The third-order valence-electron chi connectivity index (χ3n) is 3.08. The van der Waals surface area contributed by atoms with Gasteiger partial charge < -0.3 is 20.7 Å². The van der Waals surface area contributed by atoms with Gasteiger partial charge in [-0.25, -0.2) is 0 Å². The normalized spacial score (nSPS) is 16.8. The molecular formula is C13H29NO3. The monoisotopic (exact) mass is 247 g/mol. The molecule has 2 atom stereocenters. The molecule has 0 saturated heterocycles. The molecule has 17 heavy (non-hydrogen) atoms. The summed E-state index contributed by atoms with van der Waals surface area (Å²) in [6.45, 7) is 4.27. The maximum absolute atomic E-state index is 9.51. The van der Waals surface area contributed by atoms with E-state index >= 15 is 0 Å². The molecule has 4 nitrogen and oxygen atoms in total. The van der Waals surface area contributed by atoms with Crippen molar-refractivity contribution in [1.29, 1.82) is 0 Å². The van der Waals surface area contributed by atoms with Crippen LogP contribution in [0.1, 0.15) is 58.8 Å². The van der Waals surface area contributed by atoms with Gasteiger partial charge in [-0.2, -0.15) is 0 Å². The van der Waals surface area contributed by atoms with E-state index < -0.39 is 11.8 Å². The maximum atomic E-state index is 9.51. The van der Waals surface area contributed by atoms with Crippen LogP contribution in [0.5, 0.6) is 0 Å².